The number of hydrogen-bond acceptors (Lipinski definition) is 6. The molecule has 0 aliphatic carbocycles. The maximum absolute atomic E-state index is 13.8. The van der Waals surface area contributed by atoms with Crippen molar-refractivity contribution in [2.75, 3.05) is 12.1 Å². The Kier molecular flexibility index (Phi) is 6.71. The molecule has 6 rings (SSSR count). The predicted octanol–water partition coefficient (Wildman–Crippen LogP) is 8.30. The van der Waals surface area contributed by atoms with E-state index in [4.69, 9.17) is 14.5 Å². The van der Waals surface area contributed by atoms with Gasteiger partial charge in [0.1, 0.15) is 11.1 Å². The van der Waals surface area contributed by atoms with Gasteiger partial charge in [0.05, 0.1) is 22.3 Å². The average Bonchev–Trinajstić information content (AvgIpc) is 3.59. The van der Waals surface area contributed by atoms with Crippen molar-refractivity contribution in [3.8, 4) is 40.0 Å². The Morgan fingerprint density at radius 2 is 1.80 bits per heavy atom. The standard InChI is InChI=1S/C33H27N3O3S/c1-4-19(2)21-9-11-22(12-10-21)31-20(3)40-33(26(31)17-34)36-32(37)25-16-28(35-27-8-6-5-7-24(25)27)23-13-14-29-30(15-23)39-18-38-29/h5-16,19H,4,18H2,1-3H3,(H,36,37)/t19-/m0/s1. The molecule has 0 fully saturated rings. The molecule has 7 heteroatoms. The smallest absolute Gasteiger partial charge is 0.257 e. The summed E-state index contributed by atoms with van der Waals surface area (Å²) in [5, 5.41) is 14.5. The summed E-state index contributed by atoms with van der Waals surface area (Å²) in [6, 6.07) is 25.7. The number of nitrogens with zero attached hydrogens (tertiary/aromatic N) is 2. The maximum Gasteiger partial charge on any atom is 0.257 e. The lowest BCUT2D eigenvalue weighted by atomic mass is 9.95. The molecule has 0 saturated carbocycles. The molecule has 0 saturated heterocycles. The van der Waals surface area contributed by atoms with Crippen LogP contribution in [0.25, 0.3) is 33.3 Å². The van der Waals surface area contributed by atoms with Crippen molar-refractivity contribution >= 4 is 33.1 Å². The number of pyridine rings is 1. The van der Waals surface area contributed by atoms with Crippen molar-refractivity contribution in [1.82, 2.24) is 4.98 Å². The van der Waals surface area contributed by atoms with E-state index in [0.29, 0.717) is 44.8 Å². The minimum absolute atomic E-state index is 0.184. The zero-order chi connectivity index (χ0) is 27.8. The maximum atomic E-state index is 13.8. The first-order valence-corrected chi connectivity index (χ1v) is 14.0. The van der Waals surface area contributed by atoms with Crippen LogP contribution in [-0.2, 0) is 0 Å². The molecule has 0 radical (unpaired) electrons. The van der Waals surface area contributed by atoms with Crippen LogP contribution in [0.4, 0.5) is 5.00 Å². The van der Waals surface area contributed by atoms with E-state index >= 15 is 0 Å². The van der Waals surface area contributed by atoms with Gasteiger partial charge in [-0.25, -0.2) is 4.98 Å². The number of aryl methyl sites for hydroxylation is 1. The second-order valence-corrected chi connectivity index (χ2v) is 11.1. The van der Waals surface area contributed by atoms with E-state index in [9.17, 15) is 10.1 Å². The third kappa shape index (κ3) is 4.57. The van der Waals surface area contributed by atoms with Gasteiger partial charge in [0.2, 0.25) is 6.79 Å². The van der Waals surface area contributed by atoms with E-state index in [1.807, 2.05) is 49.4 Å². The summed E-state index contributed by atoms with van der Waals surface area (Å²) in [4.78, 5) is 19.6. The van der Waals surface area contributed by atoms with Gasteiger partial charge >= 0.3 is 0 Å². The largest absolute Gasteiger partial charge is 0.454 e. The normalized spacial score (nSPS) is 12.8. The summed E-state index contributed by atoms with van der Waals surface area (Å²) in [7, 11) is 0. The van der Waals surface area contributed by atoms with Crippen molar-refractivity contribution < 1.29 is 14.3 Å². The van der Waals surface area contributed by atoms with Gasteiger partial charge in [0, 0.05) is 21.4 Å². The van der Waals surface area contributed by atoms with E-state index < -0.39 is 0 Å². The van der Waals surface area contributed by atoms with Crippen LogP contribution in [0.15, 0.2) is 72.8 Å². The Bertz CT molecular complexity index is 1800. The van der Waals surface area contributed by atoms with Gasteiger partial charge in [-0.2, -0.15) is 5.26 Å². The number of para-hydroxylation sites is 1. The van der Waals surface area contributed by atoms with Crippen molar-refractivity contribution in [2.24, 2.45) is 0 Å². The molecular formula is C33H27N3O3S. The molecule has 1 atom stereocenters. The number of carbonyl (C=O) groups excluding carboxylic acids is 1. The molecule has 40 heavy (non-hydrogen) atoms. The number of benzene rings is 3. The quantitative estimate of drug-likeness (QED) is 0.232. The molecule has 2 aromatic heterocycles. The van der Waals surface area contributed by atoms with Gasteiger partial charge in [0.25, 0.3) is 5.91 Å². The minimum Gasteiger partial charge on any atom is -0.454 e. The third-order valence-electron chi connectivity index (χ3n) is 7.43. The molecule has 1 N–H and O–H groups in total. The molecule has 3 heterocycles. The van der Waals surface area contributed by atoms with Crippen LogP contribution in [0.1, 0.15) is 52.5 Å². The van der Waals surface area contributed by atoms with Gasteiger partial charge in [-0.05, 0) is 60.7 Å². The third-order valence-corrected chi connectivity index (χ3v) is 8.45. The first-order valence-electron chi connectivity index (χ1n) is 13.2. The van der Waals surface area contributed by atoms with Crippen LogP contribution in [0.3, 0.4) is 0 Å². The number of nitriles is 1. The molecule has 198 valence electrons. The minimum atomic E-state index is -0.294. The number of anilines is 1. The lowest BCUT2D eigenvalue weighted by Crippen LogP contribution is -2.13. The monoisotopic (exact) mass is 545 g/mol. The summed E-state index contributed by atoms with van der Waals surface area (Å²) in [5.41, 5.74) is 6.22. The lowest BCUT2D eigenvalue weighted by molar-refractivity contribution is 0.102. The summed E-state index contributed by atoms with van der Waals surface area (Å²) in [6.07, 6.45) is 1.07. The first-order chi connectivity index (χ1) is 19.5. The molecule has 1 amide bonds. The highest BCUT2D eigenvalue weighted by Crippen LogP contribution is 2.41. The molecule has 1 aliphatic heterocycles. The average molecular weight is 546 g/mol. The Morgan fingerprint density at radius 1 is 1.05 bits per heavy atom. The Labute approximate surface area is 236 Å². The number of nitrogens with one attached hydrogen (secondary N) is 1. The summed E-state index contributed by atoms with van der Waals surface area (Å²) in [6.45, 7) is 6.55. The van der Waals surface area contributed by atoms with Crippen LogP contribution in [-0.4, -0.2) is 17.7 Å². The second kappa shape index (κ2) is 10.5. The zero-order valence-corrected chi connectivity index (χ0v) is 23.3. The van der Waals surface area contributed by atoms with E-state index in [2.05, 4.69) is 49.5 Å². The van der Waals surface area contributed by atoms with E-state index in [0.717, 1.165) is 33.4 Å². The number of ether oxygens (including phenoxy) is 2. The van der Waals surface area contributed by atoms with Crippen LogP contribution < -0.4 is 14.8 Å². The van der Waals surface area contributed by atoms with Crippen molar-refractivity contribution in [3.05, 3.63) is 94.4 Å². The second-order valence-electron chi connectivity index (χ2n) is 9.87. The van der Waals surface area contributed by atoms with Crippen LogP contribution in [0, 0.1) is 18.3 Å². The van der Waals surface area contributed by atoms with Gasteiger partial charge in [0.15, 0.2) is 11.5 Å². The van der Waals surface area contributed by atoms with Crippen LogP contribution >= 0.6 is 11.3 Å². The molecule has 0 spiro atoms. The molecule has 3 aromatic carbocycles. The topological polar surface area (TPSA) is 84.2 Å². The summed E-state index contributed by atoms with van der Waals surface area (Å²) >= 11 is 1.42. The van der Waals surface area contributed by atoms with E-state index in [1.165, 1.54) is 16.9 Å². The lowest BCUT2D eigenvalue weighted by Gasteiger charge is -2.11. The highest BCUT2D eigenvalue weighted by atomic mass is 32.1. The predicted molar refractivity (Wildman–Crippen MR) is 159 cm³/mol. The molecular weight excluding hydrogens is 518 g/mol. The van der Waals surface area contributed by atoms with Crippen molar-refractivity contribution in [2.45, 2.75) is 33.1 Å². The number of aromatic nitrogens is 1. The Hall–Kier alpha value is -4.67. The Balaban J connectivity index is 1.37. The van der Waals surface area contributed by atoms with E-state index in [-0.39, 0.29) is 12.7 Å². The molecule has 6 nitrogen and oxygen atoms in total. The first kappa shape index (κ1) is 25.6. The molecule has 0 bridgehead atoms. The number of fused-ring (bicyclic) bond motifs is 2. The molecule has 5 aromatic rings. The van der Waals surface area contributed by atoms with Crippen molar-refractivity contribution in [3.63, 3.8) is 0 Å². The summed E-state index contributed by atoms with van der Waals surface area (Å²) < 4.78 is 11.0. The van der Waals surface area contributed by atoms with Gasteiger partial charge in [-0.3, -0.25) is 4.79 Å². The highest BCUT2D eigenvalue weighted by molar-refractivity contribution is 7.17. The fraction of sp³-hybridized carbons (Fsp3) is 0.182. The van der Waals surface area contributed by atoms with Crippen LogP contribution in [0.2, 0.25) is 0 Å². The van der Waals surface area contributed by atoms with Gasteiger partial charge < -0.3 is 14.8 Å². The van der Waals surface area contributed by atoms with Gasteiger partial charge in [-0.1, -0.05) is 56.3 Å². The van der Waals surface area contributed by atoms with E-state index in [1.54, 1.807) is 6.07 Å². The fourth-order valence-electron chi connectivity index (χ4n) is 5.04. The number of carbonyl (C=O) groups is 1. The highest BCUT2D eigenvalue weighted by Gasteiger charge is 2.22. The fourth-order valence-corrected chi connectivity index (χ4v) is 6.06. The molecule has 1 aliphatic rings. The zero-order valence-electron chi connectivity index (χ0n) is 22.4. The number of hydrogen-bond donors (Lipinski definition) is 1. The number of rotatable bonds is 6. The molecule has 0 unspecified atom stereocenters. The van der Waals surface area contributed by atoms with Crippen molar-refractivity contribution in [1.29, 1.82) is 5.26 Å². The van der Waals surface area contributed by atoms with Gasteiger partial charge in [-0.15, -0.1) is 11.3 Å². The van der Waals surface area contributed by atoms with Crippen LogP contribution in [0.5, 0.6) is 11.5 Å². The summed E-state index contributed by atoms with van der Waals surface area (Å²) in [5.74, 6) is 1.51. The Morgan fingerprint density at radius 3 is 2.58 bits per heavy atom. The number of thiophene rings is 1. The SMILES string of the molecule is CC[C@H](C)c1ccc(-c2c(C)sc(NC(=O)c3cc(-c4ccc5c(c4)OCO5)nc4ccccc34)c2C#N)cc1. The number of amides is 1.